The van der Waals surface area contributed by atoms with Gasteiger partial charge in [-0.15, -0.1) is 0 Å². The average molecular weight is 446 g/mol. The predicted octanol–water partition coefficient (Wildman–Crippen LogP) is 4.71. The third-order valence-corrected chi connectivity index (χ3v) is 5.20. The fourth-order valence-electron chi connectivity index (χ4n) is 3.29. The summed E-state index contributed by atoms with van der Waals surface area (Å²) in [5.74, 6) is 0.723. The molecule has 1 amide bonds. The van der Waals surface area contributed by atoms with Crippen LogP contribution in [0.3, 0.4) is 0 Å². The van der Waals surface area contributed by atoms with Crippen molar-refractivity contribution in [3.8, 4) is 11.5 Å². The van der Waals surface area contributed by atoms with Crippen LogP contribution >= 0.6 is 11.6 Å². The number of benzene rings is 2. The molecule has 1 aromatic heterocycles. The maximum atomic E-state index is 13.1. The van der Waals surface area contributed by atoms with E-state index in [1.807, 2.05) is 25.1 Å². The minimum absolute atomic E-state index is 0.235. The highest BCUT2D eigenvalue weighted by Gasteiger charge is 2.23. The number of hydrogen-bond donors (Lipinski definition) is 0. The smallest absolute Gasteiger partial charge is 0.258 e. The van der Waals surface area contributed by atoms with Crippen molar-refractivity contribution in [1.82, 2.24) is 14.7 Å². The lowest BCUT2D eigenvalue weighted by molar-refractivity contribution is 0.0784. The van der Waals surface area contributed by atoms with Crippen LogP contribution in [0, 0.1) is 12.7 Å². The molecule has 0 radical (unpaired) electrons. The summed E-state index contributed by atoms with van der Waals surface area (Å²) < 4.78 is 25.6. The van der Waals surface area contributed by atoms with E-state index in [1.165, 1.54) is 12.1 Å². The molecule has 8 heteroatoms. The van der Waals surface area contributed by atoms with Crippen molar-refractivity contribution in [3.05, 3.63) is 75.8 Å². The molecule has 0 saturated carbocycles. The van der Waals surface area contributed by atoms with Crippen LogP contribution in [-0.2, 0) is 13.1 Å². The molecule has 3 rings (SSSR count). The van der Waals surface area contributed by atoms with Crippen LogP contribution in [0.15, 0.2) is 42.5 Å². The van der Waals surface area contributed by atoms with E-state index in [2.05, 4.69) is 5.10 Å². The van der Waals surface area contributed by atoms with Gasteiger partial charge in [-0.05, 0) is 49.2 Å². The first kappa shape index (κ1) is 22.6. The number of hydrogen-bond acceptors (Lipinski definition) is 4. The number of carbonyl (C=O) groups excluding carboxylic acids is 1. The van der Waals surface area contributed by atoms with Gasteiger partial charge in [-0.1, -0.05) is 29.8 Å². The molecule has 0 spiro atoms. The van der Waals surface area contributed by atoms with Gasteiger partial charge in [0.1, 0.15) is 11.0 Å². The molecular formula is C23H25ClFN3O3. The molecular weight excluding hydrogens is 421 g/mol. The maximum Gasteiger partial charge on any atom is 0.258 e. The Morgan fingerprint density at radius 3 is 2.48 bits per heavy atom. The largest absolute Gasteiger partial charge is 0.493 e. The topological polar surface area (TPSA) is 56.6 Å². The number of rotatable bonds is 8. The first-order valence-electron chi connectivity index (χ1n) is 9.86. The average Bonchev–Trinajstić information content (AvgIpc) is 3.03. The Morgan fingerprint density at radius 2 is 1.84 bits per heavy atom. The molecule has 31 heavy (non-hydrogen) atoms. The SMILES string of the molecule is CCOc1ccc(CN(C)C(=O)c2c(C)nn(Cc3ccc(F)cc3)c2Cl)cc1OC. The highest BCUT2D eigenvalue weighted by Crippen LogP contribution is 2.29. The van der Waals surface area contributed by atoms with Crippen molar-refractivity contribution in [1.29, 1.82) is 0 Å². The third-order valence-electron chi connectivity index (χ3n) is 4.82. The van der Waals surface area contributed by atoms with Crippen molar-refractivity contribution in [2.75, 3.05) is 20.8 Å². The second-order valence-electron chi connectivity index (χ2n) is 7.11. The summed E-state index contributed by atoms with van der Waals surface area (Å²) in [6.45, 7) is 4.89. The minimum atomic E-state index is -0.310. The van der Waals surface area contributed by atoms with Gasteiger partial charge >= 0.3 is 0 Å². The Morgan fingerprint density at radius 1 is 1.16 bits per heavy atom. The number of aromatic nitrogens is 2. The number of nitrogens with zero attached hydrogens (tertiary/aromatic N) is 3. The number of carbonyl (C=O) groups is 1. The van der Waals surface area contributed by atoms with E-state index in [-0.39, 0.29) is 16.9 Å². The quantitative estimate of drug-likeness (QED) is 0.503. The van der Waals surface area contributed by atoms with Crippen LogP contribution in [-0.4, -0.2) is 41.4 Å². The van der Waals surface area contributed by atoms with Crippen LogP contribution in [0.1, 0.15) is 34.1 Å². The van der Waals surface area contributed by atoms with Gasteiger partial charge in [-0.3, -0.25) is 4.79 Å². The molecule has 6 nitrogen and oxygen atoms in total. The molecule has 3 aromatic rings. The second kappa shape index (κ2) is 9.83. The summed E-state index contributed by atoms with van der Waals surface area (Å²) >= 11 is 6.50. The molecule has 0 N–H and O–H groups in total. The molecule has 164 valence electrons. The van der Waals surface area contributed by atoms with E-state index in [9.17, 15) is 9.18 Å². The van der Waals surface area contributed by atoms with Gasteiger partial charge in [-0.2, -0.15) is 5.10 Å². The lowest BCUT2D eigenvalue weighted by Gasteiger charge is -2.18. The standard InChI is InChI=1S/C23H25ClFN3O3/c1-5-31-19-11-8-17(12-20(19)30-4)13-27(3)23(29)21-15(2)26-28(22(21)24)14-16-6-9-18(25)10-7-16/h6-12H,5,13-14H2,1-4H3. The van der Waals surface area contributed by atoms with Gasteiger partial charge in [0.2, 0.25) is 0 Å². The van der Waals surface area contributed by atoms with Crippen LogP contribution in [0.2, 0.25) is 5.15 Å². The molecule has 1 heterocycles. The van der Waals surface area contributed by atoms with Gasteiger partial charge in [0.25, 0.3) is 5.91 Å². The van der Waals surface area contributed by atoms with Crippen molar-refractivity contribution in [3.63, 3.8) is 0 Å². The van der Waals surface area contributed by atoms with Crippen molar-refractivity contribution < 1.29 is 18.7 Å². The molecule has 0 aliphatic carbocycles. The first-order valence-corrected chi connectivity index (χ1v) is 10.2. The van der Waals surface area contributed by atoms with E-state index >= 15 is 0 Å². The van der Waals surface area contributed by atoms with Crippen LogP contribution in [0.4, 0.5) is 4.39 Å². The normalized spacial score (nSPS) is 10.8. The van der Waals surface area contributed by atoms with Crippen molar-refractivity contribution >= 4 is 17.5 Å². The molecule has 0 aliphatic rings. The van der Waals surface area contributed by atoms with Gasteiger partial charge in [0.05, 0.1) is 31.5 Å². The zero-order valence-corrected chi connectivity index (χ0v) is 18.7. The first-order chi connectivity index (χ1) is 14.8. The van der Waals surface area contributed by atoms with Crippen LogP contribution in [0.5, 0.6) is 11.5 Å². The van der Waals surface area contributed by atoms with E-state index in [4.69, 9.17) is 21.1 Å². The predicted molar refractivity (Wildman–Crippen MR) is 117 cm³/mol. The lowest BCUT2D eigenvalue weighted by atomic mass is 10.1. The van der Waals surface area contributed by atoms with Gasteiger partial charge in [0.15, 0.2) is 11.5 Å². The summed E-state index contributed by atoms with van der Waals surface area (Å²) in [7, 11) is 3.29. The number of ether oxygens (including phenoxy) is 2. The lowest BCUT2D eigenvalue weighted by Crippen LogP contribution is -2.26. The van der Waals surface area contributed by atoms with Gasteiger partial charge < -0.3 is 14.4 Å². The Bertz CT molecular complexity index is 1070. The van der Waals surface area contributed by atoms with Crippen molar-refractivity contribution in [2.24, 2.45) is 0 Å². The second-order valence-corrected chi connectivity index (χ2v) is 7.47. The van der Waals surface area contributed by atoms with E-state index in [1.54, 1.807) is 42.8 Å². The van der Waals surface area contributed by atoms with Gasteiger partial charge in [-0.25, -0.2) is 9.07 Å². The number of amides is 1. The zero-order valence-electron chi connectivity index (χ0n) is 18.0. The minimum Gasteiger partial charge on any atom is -0.493 e. The Balaban J connectivity index is 1.77. The summed E-state index contributed by atoms with van der Waals surface area (Å²) in [5, 5.41) is 4.66. The van der Waals surface area contributed by atoms with E-state index < -0.39 is 0 Å². The maximum absolute atomic E-state index is 13.1. The van der Waals surface area contributed by atoms with Gasteiger partial charge in [0, 0.05) is 13.6 Å². The highest BCUT2D eigenvalue weighted by molar-refractivity contribution is 6.33. The molecule has 0 fully saturated rings. The van der Waals surface area contributed by atoms with E-state index in [0.717, 1.165) is 11.1 Å². The number of halogens is 2. The van der Waals surface area contributed by atoms with E-state index in [0.29, 0.717) is 42.5 Å². The number of methoxy groups -OCH3 is 1. The van der Waals surface area contributed by atoms with Crippen molar-refractivity contribution in [2.45, 2.75) is 26.9 Å². The molecule has 0 unspecified atom stereocenters. The zero-order chi connectivity index (χ0) is 22.5. The molecule has 2 aromatic carbocycles. The summed E-state index contributed by atoms with van der Waals surface area (Å²) in [4.78, 5) is 14.7. The number of aryl methyl sites for hydroxylation is 1. The molecule has 0 aliphatic heterocycles. The summed E-state index contributed by atoms with van der Waals surface area (Å²) in [5.41, 5.74) is 2.61. The van der Waals surface area contributed by atoms with Crippen LogP contribution in [0.25, 0.3) is 0 Å². The fraction of sp³-hybridized carbons (Fsp3) is 0.304. The Hall–Kier alpha value is -3.06. The summed E-state index contributed by atoms with van der Waals surface area (Å²) in [6.07, 6.45) is 0. The van der Waals surface area contributed by atoms with Crippen LogP contribution < -0.4 is 9.47 Å². The summed E-state index contributed by atoms with van der Waals surface area (Å²) in [6, 6.07) is 11.7. The Kier molecular flexibility index (Phi) is 7.17. The highest BCUT2D eigenvalue weighted by atomic mass is 35.5. The molecule has 0 bridgehead atoms. The Labute approximate surface area is 186 Å². The monoisotopic (exact) mass is 445 g/mol. The third kappa shape index (κ3) is 5.17. The fourth-order valence-corrected chi connectivity index (χ4v) is 3.60. The molecule has 0 atom stereocenters. The molecule has 0 saturated heterocycles.